The van der Waals surface area contributed by atoms with Crippen LogP contribution in [-0.2, 0) is 23.0 Å². The Balaban J connectivity index is 0.000000178. The lowest BCUT2D eigenvalue weighted by atomic mass is 9.92. The van der Waals surface area contributed by atoms with E-state index in [2.05, 4.69) is 16.4 Å². The molecule has 0 saturated carbocycles. The van der Waals surface area contributed by atoms with E-state index >= 15 is 0 Å². The fraction of sp³-hybridized carbons (Fsp3) is 0.250. The molecule has 0 aliphatic heterocycles. The number of nitrogens with one attached hydrogen (secondary N) is 1. The molecule has 1 heterocycles. The molecule has 2 aromatic carbocycles. The zero-order valence-electron chi connectivity index (χ0n) is 15.9. The van der Waals surface area contributed by atoms with Gasteiger partial charge in [-0.1, -0.05) is 29.8 Å². The van der Waals surface area contributed by atoms with Crippen LogP contribution >= 0.6 is 0 Å². The lowest BCUT2D eigenvalue weighted by molar-refractivity contribution is 0.409. The second kappa shape index (κ2) is 8.04. The second-order valence-corrected chi connectivity index (χ2v) is 7.74. The molecule has 0 saturated heterocycles. The van der Waals surface area contributed by atoms with Gasteiger partial charge in [-0.05, 0) is 38.0 Å². The molecule has 0 unspecified atom stereocenters. The number of oxazole rings is 1. The first kappa shape index (κ1) is 19.9. The van der Waals surface area contributed by atoms with Crippen LogP contribution in [0.4, 0.5) is 6.01 Å². The molecule has 1 aliphatic rings. The average molecular weight is 402 g/mol. The summed E-state index contributed by atoms with van der Waals surface area (Å²) in [6.07, 6.45) is 1.84. The Labute approximate surface area is 164 Å². The van der Waals surface area contributed by atoms with E-state index in [0.29, 0.717) is 6.01 Å². The van der Waals surface area contributed by atoms with Gasteiger partial charge in [0.2, 0.25) is 0 Å². The standard InChI is InChI=1S/C13H14N2O2.C7H8O3S/c1-14-13-15-10-7-6-8-9(12(10)17-13)4-3-5-11(8)16-2;1-6-2-4-7(5-3-6)11(8,9)10/h3-5H,6-7H2,1-2H3,(H,14,15);2-5H,1H3,(H,8,9,10). The van der Waals surface area contributed by atoms with Crippen LogP contribution in [0.15, 0.2) is 51.8 Å². The van der Waals surface area contributed by atoms with Crippen molar-refractivity contribution >= 4 is 16.1 Å². The van der Waals surface area contributed by atoms with Crippen molar-refractivity contribution in [2.75, 3.05) is 19.5 Å². The average Bonchev–Trinajstić information content (AvgIpc) is 3.11. The molecular formula is C20H22N2O5S. The summed E-state index contributed by atoms with van der Waals surface area (Å²) in [5.41, 5.74) is 4.29. The summed E-state index contributed by atoms with van der Waals surface area (Å²) in [5.74, 6) is 1.80. The molecule has 1 aromatic heterocycles. The van der Waals surface area contributed by atoms with Crippen molar-refractivity contribution in [3.8, 4) is 17.1 Å². The number of nitrogens with zero attached hydrogens (tertiary/aromatic N) is 1. The Kier molecular flexibility index (Phi) is 5.71. The van der Waals surface area contributed by atoms with E-state index in [1.165, 1.54) is 17.7 Å². The van der Waals surface area contributed by atoms with Crippen LogP contribution in [-0.4, -0.2) is 32.1 Å². The van der Waals surface area contributed by atoms with E-state index in [0.717, 1.165) is 41.2 Å². The third-order valence-corrected chi connectivity index (χ3v) is 5.31. The van der Waals surface area contributed by atoms with Crippen molar-refractivity contribution in [2.24, 2.45) is 0 Å². The van der Waals surface area contributed by atoms with Gasteiger partial charge in [0.1, 0.15) is 5.75 Å². The van der Waals surface area contributed by atoms with Gasteiger partial charge in [0.05, 0.1) is 17.7 Å². The molecule has 148 valence electrons. The highest BCUT2D eigenvalue weighted by Gasteiger charge is 2.24. The molecule has 4 rings (SSSR count). The minimum atomic E-state index is -4.02. The van der Waals surface area contributed by atoms with Crippen molar-refractivity contribution in [1.82, 2.24) is 4.98 Å². The van der Waals surface area contributed by atoms with Crippen LogP contribution in [0.1, 0.15) is 16.8 Å². The van der Waals surface area contributed by atoms with Crippen molar-refractivity contribution in [3.05, 3.63) is 59.3 Å². The zero-order chi connectivity index (χ0) is 20.3. The van der Waals surface area contributed by atoms with Gasteiger partial charge in [-0.15, -0.1) is 0 Å². The van der Waals surface area contributed by atoms with E-state index in [4.69, 9.17) is 13.7 Å². The molecule has 7 nitrogen and oxygen atoms in total. The van der Waals surface area contributed by atoms with Gasteiger partial charge < -0.3 is 14.5 Å². The maximum Gasteiger partial charge on any atom is 0.295 e. The minimum absolute atomic E-state index is 0.0666. The van der Waals surface area contributed by atoms with Crippen LogP contribution < -0.4 is 10.1 Å². The summed E-state index contributed by atoms with van der Waals surface area (Å²) < 4.78 is 40.6. The van der Waals surface area contributed by atoms with Crippen molar-refractivity contribution < 1.29 is 22.1 Å². The second-order valence-electron chi connectivity index (χ2n) is 6.32. The molecule has 0 radical (unpaired) electrons. The smallest absolute Gasteiger partial charge is 0.295 e. The van der Waals surface area contributed by atoms with Crippen LogP contribution in [0.3, 0.4) is 0 Å². The number of anilines is 1. The van der Waals surface area contributed by atoms with Crippen LogP contribution in [0.2, 0.25) is 0 Å². The molecule has 0 fully saturated rings. The maximum absolute atomic E-state index is 10.5. The lowest BCUT2D eigenvalue weighted by Gasteiger charge is -2.16. The summed E-state index contributed by atoms with van der Waals surface area (Å²) in [5, 5.41) is 2.93. The minimum Gasteiger partial charge on any atom is -0.496 e. The number of aryl methyl sites for hydroxylation is 2. The van der Waals surface area contributed by atoms with Gasteiger partial charge in [0.25, 0.3) is 16.1 Å². The van der Waals surface area contributed by atoms with Gasteiger partial charge in [-0.2, -0.15) is 13.4 Å². The normalized spacial score (nSPS) is 12.3. The van der Waals surface area contributed by atoms with E-state index in [1.807, 2.05) is 26.1 Å². The molecule has 2 N–H and O–H groups in total. The maximum atomic E-state index is 10.5. The first-order valence-corrected chi connectivity index (χ1v) is 10.2. The number of fused-ring (bicyclic) bond motifs is 3. The monoisotopic (exact) mass is 402 g/mol. The number of rotatable bonds is 3. The number of ether oxygens (including phenoxy) is 1. The molecule has 1 aliphatic carbocycles. The topological polar surface area (TPSA) is 102 Å². The number of aromatic nitrogens is 1. The number of methoxy groups -OCH3 is 1. The third-order valence-electron chi connectivity index (χ3n) is 4.44. The third kappa shape index (κ3) is 4.18. The molecule has 0 atom stereocenters. The Hall–Kier alpha value is -2.84. The van der Waals surface area contributed by atoms with Crippen LogP contribution in [0.5, 0.6) is 5.75 Å². The van der Waals surface area contributed by atoms with Gasteiger partial charge in [0.15, 0.2) is 5.76 Å². The molecular weight excluding hydrogens is 380 g/mol. The van der Waals surface area contributed by atoms with Gasteiger partial charge in [-0.25, -0.2) is 0 Å². The summed E-state index contributed by atoms with van der Waals surface area (Å²) in [6.45, 7) is 1.84. The first-order chi connectivity index (χ1) is 13.3. The first-order valence-electron chi connectivity index (χ1n) is 8.71. The quantitative estimate of drug-likeness (QED) is 0.644. The number of hydrogen-bond acceptors (Lipinski definition) is 6. The van der Waals surface area contributed by atoms with Crippen molar-refractivity contribution in [1.29, 1.82) is 0 Å². The zero-order valence-corrected chi connectivity index (χ0v) is 16.7. The van der Waals surface area contributed by atoms with Gasteiger partial charge in [-0.3, -0.25) is 4.55 Å². The largest absolute Gasteiger partial charge is 0.496 e. The van der Waals surface area contributed by atoms with Crippen LogP contribution in [0, 0.1) is 6.92 Å². The van der Waals surface area contributed by atoms with E-state index in [9.17, 15) is 8.42 Å². The van der Waals surface area contributed by atoms with Crippen molar-refractivity contribution in [3.63, 3.8) is 0 Å². The fourth-order valence-electron chi connectivity index (χ4n) is 3.02. The summed E-state index contributed by atoms with van der Waals surface area (Å²) in [7, 11) is -0.511. The molecule has 0 spiro atoms. The fourth-order valence-corrected chi connectivity index (χ4v) is 3.50. The Morgan fingerprint density at radius 2 is 1.86 bits per heavy atom. The predicted octanol–water partition coefficient (Wildman–Crippen LogP) is 3.73. The molecule has 3 aromatic rings. The van der Waals surface area contributed by atoms with E-state index < -0.39 is 10.1 Å². The summed E-state index contributed by atoms with van der Waals surface area (Å²) >= 11 is 0. The molecule has 0 bridgehead atoms. The Morgan fingerprint density at radius 3 is 2.46 bits per heavy atom. The molecule has 8 heteroatoms. The highest BCUT2D eigenvalue weighted by molar-refractivity contribution is 7.85. The predicted molar refractivity (Wildman–Crippen MR) is 106 cm³/mol. The van der Waals surface area contributed by atoms with E-state index in [-0.39, 0.29) is 4.90 Å². The number of benzene rings is 2. The van der Waals surface area contributed by atoms with Crippen molar-refractivity contribution in [2.45, 2.75) is 24.7 Å². The molecule has 28 heavy (non-hydrogen) atoms. The summed E-state index contributed by atoms with van der Waals surface area (Å²) in [4.78, 5) is 4.34. The van der Waals surface area contributed by atoms with Crippen LogP contribution in [0.25, 0.3) is 11.3 Å². The Morgan fingerprint density at radius 1 is 1.14 bits per heavy atom. The lowest BCUT2D eigenvalue weighted by Crippen LogP contribution is -2.04. The Bertz CT molecular complexity index is 1070. The summed E-state index contributed by atoms with van der Waals surface area (Å²) in [6, 6.07) is 12.6. The van der Waals surface area contributed by atoms with E-state index in [1.54, 1.807) is 19.2 Å². The van der Waals surface area contributed by atoms with Gasteiger partial charge >= 0.3 is 0 Å². The SMILES string of the molecule is CNc1nc2c(o1)-c1cccc(OC)c1CC2.Cc1ccc(S(=O)(=O)O)cc1. The highest BCUT2D eigenvalue weighted by atomic mass is 32.2. The highest BCUT2D eigenvalue weighted by Crippen LogP contribution is 2.39. The van der Waals surface area contributed by atoms with Gasteiger partial charge in [0, 0.05) is 18.2 Å². The molecule has 0 amide bonds. The number of hydrogen-bond donors (Lipinski definition) is 2.